The number of aliphatic carboxylic acids is 1. The number of aromatic amines is 1. The molecule has 19 heavy (non-hydrogen) atoms. The maximum Gasteiger partial charge on any atom is 0.303 e. The molecule has 1 aromatic rings. The number of hydrogen-bond donors (Lipinski definition) is 3. The Kier molecular flexibility index (Phi) is 4.80. The summed E-state index contributed by atoms with van der Waals surface area (Å²) in [4.78, 5) is 34.0. The van der Waals surface area contributed by atoms with Gasteiger partial charge in [-0.1, -0.05) is 6.92 Å². The van der Waals surface area contributed by atoms with Crippen molar-refractivity contribution >= 4 is 11.9 Å². The summed E-state index contributed by atoms with van der Waals surface area (Å²) in [7, 11) is 0. The van der Waals surface area contributed by atoms with Gasteiger partial charge in [0.05, 0.1) is 5.69 Å². The van der Waals surface area contributed by atoms with Crippen LogP contribution in [0, 0.1) is 19.8 Å². The molecule has 0 aliphatic carbocycles. The molecule has 7 nitrogen and oxygen atoms in total. The van der Waals surface area contributed by atoms with E-state index < -0.39 is 17.4 Å². The quantitative estimate of drug-likeness (QED) is 0.706. The number of H-pyrrole nitrogens is 1. The summed E-state index contributed by atoms with van der Waals surface area (Å²) in [5.41, 5.74) is 0.567. The summed E-state index contributed by atoms with van der Waals surface area (Å²) < 4.78 is 0. The minimum atomic E-state index is -0.921. The molecule has 7 heteroatoms. The lowest BCUT2D eigenvalue weighted by Gasteiger charge is -2.11. The number of carbonyl (C=O) groups excluding carboxylic acids is 1. The second-order valence-electron chi connectivity index (χ2n) is 4.55. The van der Waals surface area contributed by atoms with E-state index in [1.54, 1.807) is 20.8 Å². The monoisotopic (exact) mass is 267 g/mol. The van der Waals surface area contributed by atoms with E-state index in [2.05, 4.69) is 15.5 Å². The second-order valence-corrected chi connectivity index (χ2v) is 4.55. The van der Waals surface area contributed by atoms with Crippen molar-refractivity contribution in [2.75, 3.05) is 6.54 Å². The molecule has 0 bridgehead atoms. The van der Waals surface area contributed by atoms with Crippen LogP contribution in [0.4, 0.5) is 0 Å². The highest BCUT2D eigenvalue weighted by Crippen LogP contribution is 2.05. The van der Waals surface area contributed by atoms with E-state index in [0.29, 0.717) is 11.3 Å². The van der Waals surface area contributed by atoms with E-state index in [0.717, 1.165) is 0 Å². The predicted octanol–water partition coefficient (Wildman–Crippen LogP) is 0.227. The maximum absolute atomic E-state index is 11.9. The van der Waals surface area contributed by atoms with Gasteiger partial charge in [-0.05, 0) is 25.3 Å². The number of amides is 1. The van der Waals surface area contributed by atoms with E-state index >= 15 is 0 Å². The molecule has 1 heterocycles. The van der Waals surface area contributed by atoms with E-state index in [9.17, 15) is 14.4 Å². The molecule has 1 atom stereocenters. The molecule has 0 spiro atoms. The Morgan fingerprint density at radius 1 is 1.42 bits per heavy atom. The Morgan fingerprint density at radius 2 is 2.05 bits per heavy atom. The van der Waals surface area contributed by atoms with Gasteiger partial charge in [0.15, 0.2) is 0 Å². The molecule has 104 valence electrons. The first-order valence-electron chi connectivity index (χ1n) is 5.88. The van der Waals surface area contributed by atoms with Gasteiger partial charge in [-0.15, -0.1) is 0 Å². The van der Waals surface area contributed by atoms with Crippen LogP contribution in [0.2, 0.25) is 0 Å². The zero-order chi connectivity index (χ0) is 14.6. The molecule has 0 aromatic carbocycles. The van der Waals surface area contributed by atoms with Crippen molar-refractivity contribution < 1.29 is 14.7 Å². The lowest BCUT2D eigenvalue weighted by Crippen LogP contribution is -2.34. The Morgan fingerprint density at radius 3 is 2.63 bits per heavy atom. The molecular formula is C12H17N3O4. The number of nitrogens with zero attached hydrogens (tertiary/aromatic N) is 1. The topological polar surface area (TPSA) is 112 Å². The van der Waals surface area contributed by atoms with E-state index in [-0.39, 0.29) is 24.4 Å². The number of carboxylic acid groups (broad SMARTS) is 1. The number of rotatable bonds is 5. The maximum atomic E-state index is 11.9. The van der Waals surface area contributed by atoms with Crippen LogP contribution >= 0.6 is 0 Å². The van der Waals surface area contributed by atoms with Crippen LogP contribution in [-0.2, 0) is 4.79 Å². The lowest BCUT2D eigenvalue weighted by atomic mass is 10.1. The average molecular weight is 267 g/mol. The minimum Gasteiger partial charge on any atom is -0.481 e. The van der Waals surface area contributed by atoms with Crippen LogP contribution in [-0.4, -0.2) is 33.7 Å². The van der Waals surface area contributed by atoms with Crippen LogP contribution in [0.25, 0.3) is 0 Å². The lowest BCUT2D eigenvalue weighted by molar-refractivity contribution is -0.137. The first-order chi connectivity index (χ1) is 8.82. The molecule has 0 aliphatic heterocycles. The van der Waals surface area contributed by atoms with Crippen molar-refractivity contribution in [3.05, 3.63) is 27.2 Å². The predicted molar refractivity (Wildman–Crippen MR) is 68.1 cm³/mol. The van der Waals surface area contributed by atoms with Gasteiger partial charge in [0.1, 0.15) is 5.56 Å². The zero-order valence-electron chi connectivity index (χ0n) is 11.1. The molecule has 0 fully saturated rings. The minimum absolute atomic E-state index is 0.0232. The number of carboxylic acids is 1. The van der Waals surface area contributed by atoms with Crippen LogP contribution in [0.3, 0.4) is 0 Å². The van der Waals surface area contributed by atoms with Crippen LogP contribution in [0.15, 0.2) is 4.79 Å². The Labute approximate surface area is 110 Å². The molecule has 0 aliphatic rings. The van der Waals surface area contributed by atoms with E-state index in [1.807, 2.05) is 0 Å². The SMILES string of the molecule is Cc1n[nH]c(=O)c(C(=O)NCC(C)CC(=O)O)c1C. The smallest absolute Gasteiger partial charge is 0.303 e. The van der Waals surface area contributed by atoms with Crippen molar-refractivity contribution in [3.8, 4) is 0 Å². The molecule has 3 N–H and O–H groups in total. The molecule has 0 saturated carbocycles. The van der Waals surface area contributed by atoms with Crippen LogP contribution < -0.4 is 10.9 Å². The molecule has 0 saturated heterocycles. The Hall–Kier alpha value is -2.18. The standard InChI is InChI=1S/C12H17N3O4/c1-6(4-9(16)17)5-13-11(18)10-7(2)8(3)14-15-12(10)19/h6H,4-5H2,1-3H3,(H,13,18)(H,15,19)(H,16,17). The number of carbonyl (C=O) groups is 2. The first kappa shape index (κ1) is 14.9. The molecular weight excluding hydrogens is 250 g/mol. The van der Waals surface area contributed by atoms with Gasteiger partial charge in [-0.2, -0.15) is 5.10 Å². The zero-order valence-corrected chi connectivity index (χ0v) is 11.1. The third kappa shape index (κ3) is 3.90. The summed E-state index contributed by atoms with van der Waals surface area (Å²) in [5.74, 6) is -1.64. The highest BCUT2D eigenvalue weighted by molar-refractivity contribution is 5.95. The molecule has 1 aromatic heterocycles. The van der Waals surface area contributed by atoms with Gasteiger partial charge in [0.2, 0.25) is 0 Å². The van der Waals surface area contributed by atoms with Gasteiger partial charge in [0.25, 0.3) is 11.5 Å². The number of hydrogen-bond acceptors (Lipinski definition) is 4. The highest BCUT2D eigenvalue weighted by Gasteiger charge is 2.17. The largest absolute Gasteiger partial charge is 0.481 e. The number of aryl methyl sites for hydroxylation is 1. The summed E-state index contributed by atoms with van der Waals surface area (Å²) in [6, 6.07) is 0. The van der Waals surface area contributed by atoms with Crippen LogP contribution in [0.1, 0.15) is 35.0 Å². The number of aromatic nitrogens is 2. The summed E-state index contributed by atoms with van der Waals surface area (Å²) in [6.07, 6.45) is -0.0367. The van der Waals surface area contributed by atoms with Gasteiger partial charge < -0.3 is 10.4 Å². The van der Waals surface area contributed by atoms with Crippen LogP contribution in [0.5, 0.6) is 0 Å². The van der Waals surface area contributed by atoms with Gasteiger partial charge in [-0.3, -0.25) is 14.4 Å². The highest BCUT2D eigenvalue weighted by atomic mass is 16.4. The summed E-state index contributed by atoms with van der Waals surface area (Å²) in [6.45, 7) is 5.25. The normalized spacial score (nSPS) is 11.9. The Bertz CT molecular complexity index is 550. The molecule has 1 amide bonds. The van der Waals surface area contributed by atoms with Gasteiger partial charge in [0, 0.05) is 13.0 Å². The Balaban J connectivity index is 2.77. The molecule has 1 unspecified atom stereocenters. The van der Waals surface area contributed by atoms with Crippen molar-refractivity contribution in [1.82, 2.24) is 15.5 Å². The second kappa shape index (κ2) is 6.12. The fourth-order valence-corrected chi connectivity index (χ4v) is 1.62. The third-order valence-electron chi connectivity index (χ3n) is 2.83. The van der Waals surface area contributed by atoms with Crippen molar-refractivity contribution in [3.63, 3.8) is 0 Å². The molecule has 1 rings (SSSR count). The average Bonchev–Trinajstić information content (AvgIpc) is 2.31. The van der Waals surface area contributed by atoms with Crippen molar-refractivity contribution in [1.29, 1.82) is 0 Å². The summed E-state index contributed by atoms with van der Waals surface area (Å²) in [5, 5.41) is 17.2. The van der Waals surface area contributed by atoms with Crippen molar-refractivity contribution in [2.24, 2.45) is 5.92 Å². The fraction of sp³-hybridized carbons (Fsp3) is 0.500. The number of nitrogens with one attached hydrogen (secondary N) is 2. The third-order valence-corrected chi connectivity index (χ3v) is 2.83. The van der Waals surface area contributed by atoms with Crippen molar-refractivity contribution in [2.45, 2.75) is 27.2 Å². The summed E-state index contributed by atoms with van der Waals surface area (Å²) >= 11 is 0. The van der Waals surface area contributed by atoms with Gasteiger partial charge >= 0.3 is 5.97 Å². The van der Waals surface area contributed by atoms with Gasteiger partial charge in [-0.25, -0.2) is 5.10 Å². The van der Waals surface area contributed by atoms with E-state index in [1.165, 1.54) is 0 Å². The van der Waals surface area contributed by atoms with E-state index in [4.69, 9.17) is 5.11 Å². The first-order valence-corrected chi connectivity index (χ1v) is 5.88. The fourth-order valence-electron chi connectivity index (χ4n) is 1.62. The molecule has 0 radical (unpaired) electrons.